The van der Waals surface area contributed by atoms with E-state index < -0.39 is 17.4 Å². The predicted molar refractivity (Wildman–Crippen MR) is 54.5 cm³/mol. The quantitative estimate of drug-likeness (QED) is 0.746. The molecule has 0 saturated heterocycles. The van der Waals surface area contributed by atoms with E-state index in [0.29, 0.717) is 0 Å². The van der Waals surface area contributed by atoms with Crippen molar-refractivity contribution in [2.75, 3.05) is 0 Å². The van der Waals surface area contributed by atoms with E-state index in [-0.39, 0.29) is 17.9 Å². The van der Waals surface area contributed by atoms with Crippen molar-refractivity contribution in [2.45, 2.75) is 33.1 Å². The maximum Gasteiger partial charge on any atom is 0.331 e. The second-order valence-corrected chi connectivity index (χ2v) is 4.29. The Morgan fingerprint density at radius 3 is 2.53 bits per heavy atom. The number of carbonyl (C=O) groups is 2. The topological polar surface area (TPSA) is 74.6 Å². The molecular formula is C11H16O4. The average molecular weight is 212 g/mol. The molecule has 1 rings (SSSR count). The fourth-order valence-corrected chi connectivity index (χ4v) is 2.11. The van der Waals surface area contributed by atoms with Crippen molar-refractivity contribution in [3.63, 3.8) is 0 Å². The van der Waals surface area contributed by atoms with Gasteiger partial charge in [-0.05, 0) is 25.7 Å². The van der Waals surface area contributed by atoms with Crippen LogP contribution in [0, 0.1) is 11.3 Å². The molecule has 0 aromatic rings. The van der Waals surface area contributed by atoms with Gasteiger partial charge in [-0.1, -0.05) is 19.4 Å². The summed E-state index contributed by atoms with van der Waals surface area (Å²) in [7, 11) is 0. The van der Waals surface area contributed by atoms with Gasteiger partial charge in [0, 0.05) is 5.57 Å². The Kier molecular flexibility index (Phi) is 3.17. The van der Waals surface area contributed by atoms with E-state index in [1.165, 1.54) is 0 Å². The molecule has 2 N–H and O–H groups in total. The molecule has 0 amide bonds. The summed E-state index contributed by atoms with van der Waals surface area (Å²) in [4.78, 5) is 22.0. The number of carboxylic acids is 2. The van der Waals surface area contributed by atoms with Crippen LogP contribution >= 0.6 is 0 Å². The molecule has 0 saturated carbocycles. The highest BCUT2D eigenvalue weighted by atomic mass is 16.4. The fraction of sp³-hybridized carbons (Fsp3) is 0.636. The second kappa shape index (κ2) is 4.04. The summed E-state index contributed by atoms with van der Waals surface area (Å²) in [6.07, 6.45) is 3.32. The summed E-state index contributed by atoms with van der Waals surface area (Å²) < 4.78 is 0. The zero-order valence-corrected chi connectivity index (χ0v) is 8.99. The van der Waals surface area contributed by atoms with Crippen LogP contribution in [0.4, 0.5) is 0 Å². The van der Waals surface area contributed by atoms with Gasteiger partial charge >= 0.3 is 11.9 Å². The van der Waals surface area contributed by atoms with E-state index in [4.69, 9.17) is 10.2 Å². The van der Waals surface area contributed by atoms with E-state index in [0.717, 1.165) is 12.8 Å². The molecule has 0 spiro atoms. The van der Waals surface area contributed by atoms with Gasteiger partial charge < -0.3 is 10.2 Å². The number of aliphatic carboxylic acids is 2. The van der Waals surface area contributed by atoms with Crippen molar-refractivity contribution in [1.29, 1.82) is 0 Å². The lowest BCUT2D eigenvalue weighted by Gasteiger charge is -2.26. The van der Waals surface area contributed by atoms with Crippen molar-refractivity contribution in [1.82, 2.24) is 0 Å². The summed E-state index contributed by atoms with van der Waals surface area (Å²) in [5.74, 6) is -2.07. The van der Waals surface area contributed by atoms with Gasteiger partial charge in [0.2, 0.25) is 0 Å². The minimum absolute atomic E-state index is 0.127. The Morgan fingerprint density at radius 1 is 1.53 bits per heavy atom. The predicted octanol–water partition coefficient (Wildman–Crippen LogP) is 1.91. The highest BCUT2D eigenvalue weighted by Gasteiger charge is 2.46. The molecule has 0 bridgehead atoms. The van der Waals surface area contributed by atoms with Gasteiger partial charge in [-0.2, -0.15) is 0 Å². The van der Waals surface area contributed by atoms with Crippen LogP contribution in [0.2, 0.25) is 0 Å². The van der Waals surface area contributed by atoms with Gasteiger partial charge in [-0.15, -0.1) is 0 Å². The Morgan fingerprint density at radius 2 is 2.13 bits per heavy atom. The van der Waals surface area contributed by atoms with Gasteiger partial charge in [0.1, 0.15) is 0 Å². The lowest BCUT2D eigenvalue weighted by atomic mass is 9.76. The number of hydrogen-bond acceptors (Lipinski definition) is 2. The Bertz CT molecular complexity index is 319. The molecule has 15 heavy (non-hydrogen) atoms. The van der Waals surface area contributed by atoms with Crippen molar-refractivity contribution in [3.8, 4) is 0 Å². The van der Waals surface area contributed by atoms with Gasteiger partial charge in [-0.25, -0.2) is 4.79 Å². The number of carboxylic acid groups (broad SMARTS) is 2. The zero-order valence-electron chi connectivity index (χ0n) is 8.99. The van der Waals surface area contributed by atoms with Gasteiger partial charge in [0.25, 0.3) is 0 Å². The Labute approximate surface area is 88.6 Å². The van der Waals surface area contributed by atoms with Crippen LogP contribution in [0.25, 0.3) is 0 Å². The first-order chi connectivity index (χ1) is 6.91. The Hall–Kier alpha value is -1.32. The first kappa shape index (κ1) is 11.8. The van der Waals surface area contributed by atoms with E-state index >= 15 is 0 Å². The average Bonchev–Trinajstić information content (AvgIpc) is 2.46. The molecule has 2 unspecified atom stereocenters. The van der Waals surface area contributed by atoms with Gasteiger partial charge in [-0.3, -0.25) is 4.79 Å². The molecule has 4 heteroatoms. The van der Waals surface area contributed by atoms with E-state index in [2.05, 4.69) is 0 Å². The zero-order chi connectivity index (χ0) is 11.6. The van der Waals surface area contributed by atoms with Crippen LogP contribution in [-0.2, 0) is 9.59 Å². The summed E-state index contributed by atoms with van der Waals surface area (Å²) in [6.45, 7) is 3.59. The fourth-order valence-electron chi connectivity index (χ4n) is 2.11. The summed E-state index contributed by atoms with van der Waals surface area (Å²) >= 11 is 0. The first-order valence-corrected chi connectivity index (χ1v) is 5.09. The minimum Gasteiger partial charge on any atom is -0.481 e. The highest BCUT2D eigenvalue weighted by molar-refractivity contribution is 5.90. The molecule has 0 heterocycles. The number of rotatable bonds is 4. The molecule has 2 atom stereocenters. The van der Waals surface area contributed by atoms with Crippen molar-refractivity contribution < 1.29 is 19.8 Å². The molecule has 1 aliphatic rings. The largest absolute Gasteiger partial charge is 0.481 e. The van der Waals surface area contributed by atoms with E-state index in [9.17, 15) is 9.59 Å². The third-order valence-electron chi connectivity index (χ3n) is 3.14. The van der Waals surface area contributed by atoms with Crippen LogP contribution in [0.1, 0.15) is 33.1 Å². The van der Waals surface area contributed by atoms with Crippen LogP contribution in [-0.4, -0.2) is 22.2 Å². The second-order valence-electron chi connectivity index (χ2n) is 4.29. The summed E-state index contributed by atoms with van der Waals surface area (Å²) in [6, 6.07) is 0. The lowest BCUT2D eigenvalue weighted by Crippen LogP contribution is -2.32. The normalized spacial score (nSPS) is 30.0. The highest BCUT2D eigenvalue weighted by Crippen LogP contribution is 2.44. The standard InChI is InChI=1S/C11H16O4/c1-3-4-8-5-7(9(12)13)6-11(8,2)10(14)15/h5,8H,3-4,6H2,1-2H3,(H,12,13)(H,14,15). The molecule has 84 valence electrons. The minimum atomic E-state index is -0.999. The van der Waals surface area contributed by atoms with Gasteiger partial charge in [0.05, 0.1) is 5.41 Å². The Balaban J connectivity index is 2.95. The molecule has 0 radical (unpaired) electrons. The number of hydrogen-bond donors (Lipinski definition) is 2. The van der Waals surface area contributed by atoms with Crippen molar-refractivity contribution >= 4 is 11.9 Å². The summed E-state index contributed by atoms with van der Waals surface area (Å²) in [5, 5.41) is 18.0. The van der Waals surface area contributed by atoms with E-state index in [1.807, 2.05) is 6.92 Å². The molecular weight excluding hydrogens is 196 g/mol. The molecule has 1 aliphatic carbocycles. The smallest absolute Gasteiger partial charge is 0.331 e. The monoisotopic (exact) mass is 212 g/mol. The van der Waals surface area contributed by atoms with Crippen LogP contribution in [0.15, 0.2) is 11.6 Å². The molecule has 4 nitrogen and oxygen atoms in total. The molecule has 0 aromatic carbocycles. The third kappa shape index (κ3) is 2.03. The van der Waals surface area contributed by atoms with Crippen molar-refractivity contribution in [3.05, 3.63) is 11.6 Å². The first-order valence-electron chi connectivity index (χ1n) is 5.09. The maximum atomic E-state index is 11.2. The third-order valence-corrected chi connectivity index (χ3v) is 3.14. The van der Waals surface area contributed by atoms with E-state index in [1.54, 1.807) is 13.0 Å². The van der Waals surface area contributed by atoms with Crippen LogP contribution < -0.4 is 0 Å². The molecule has 0 fully saturated rings. The lowest BCUT2D eigenvalue weighted by molar-refractivity contribution is -0.149. The summed E-state index contributed by atoms with van der Waals surface area (Å²) in [5.41, 5.74) is -0.706. The van der Waals surface area contributed by atoms with Crippen LogP contribution in [0.3, 0.4) is 0 Å². The molecule has 0 aromatic heterocycles. The van der Waals surface area contributed by atoms with Gasteiger partial charge in [0.15, 0.2) is 0 Å². The van der Waals surface area contributed by atoms with Crippen LogP contribution in [0.5, 0.6) is 0 Å². The SMILES string of the molecule is CCCC1C=C(C(=O)O)CC1(C)C(=O)O. The maximum absolute atomic E-state index is 11.2. The number of allylic oxidation sites excluding steroid dienone is 1. The van der Waals surface area contributed by atoms with Crippen molar-refractivity contribution in [2.24, 2.45) is 11.3 Å². The molecule has 0 aliphatic heterocycles.